The van der Waals surface area contributed by atoms with Crippen LogP contribution in [-0.2, 0) is 9.59 Å². The van der Waals surface area contributed by atoms with Gasteiger partial charge in [-0.25, -0.2) is 0 Å². The van der Waals surface area contributed by atoms with Crippen molar-refractivity contribution in [3.8, 4) is 0 Å². The summed E-state index contributed by atoms with van der Waals surface area (Å²) in [5.74, 6) is -0.940. The second kappa shape index (κ2) is 4.05. The highest BCUT2D eigenvalue weighted by molar-refractivity contribution is 6.40. The lowest BCUT2D eigenvalue weighted by atomic mass is 10.2. The normalized spacial score (nSPS) is 9.64. The number of benzene rings is 1. The average molecular weight is 191 g/mol. The zero-order valence-electron chi connectivity index (χ0n) is 8.57. The third kappa shape index (κ3) is 2.19. The summed E-state index contributed by atoms with van der Waals surface area (Å²) in [6, 6.07) is 7.46. The molecule has 1 amide bonds. The van der Waals surface area contributed by atoms with E-state index in [-0.39, 0.29) is 0 Å². The van der Waals surface area contributed by atoms with Gasteiger partial charge >= 0.3 is 0 Å². The Bertz CT molecular complexity index is 371. The fraction of sp³-hybridized carbons (Fsp3) is 0.273. The number of ketones is 1. The van der Waals surface area contributed by atoms with Crippen LogP contribution in [0, 0.1) is 6.92 Å². The molecule has 1 aromatic carbocycles. The highest BCUT2D eigenvalue weighted by atomic mass is 16.2. The van der Waals surface area contributed by atoms with Crippen LogP contribution in [0.5, 0.6) is 0 Å². The number of hydrogen-bond donors (Lipinski definition) is 0. The van der Waals surface area contributed by atoms with E-state index in [4.69, 9.17) is 0 Å². The summed E-state index contributed by atoms with van der Waals surface area (Å²) in [6.45, 7) is 3.21. The Morgan fingerprint density at radius 1 is 1.29 bits per heavy atom. The summed E-state index contributed by atoms with van der Waals surface area (Å²) in [4.78, 5) is 23.5. The minimum Gasteiger partial charge on any atom is -0.309 e. The molecule has 0 aliphatic heterocycles. The minimum atomic E-state index is -0.490. The summed E-state index contributed by atoms with van der Waals surface area (Å²) in [7, 11) is 1.60. The minimum absolute atomic E-state index is 0.450. The maximum atomic E-state index is 11.3. The van der Waals surface area contributed by atoms with Gasteiger partial charge in [0.15, 0.2) is 0 Å². The van der Waals surface area contributed by atoms with E-state index < -0.39 is 11.7 Å². The fourth-order valence-electron chi connectivity index (χ4n) is 1.19. The first kappa shape index (κ1) is 10.4. The molecule has 0 heterocycles. The van der Waals surface area contributed by atoms with Crippen molar-refractivity contribution in [3.05, 3.63) is 29.8 Å². The zero-order valence-corrected chi connectivity index (χ0v) is 8.57. The summed E-state index contributed by atoms with van der Waals surface area (Å²) in [6.07, 6.45) is 0. The van der Waals surface area contributed by atoms with Crippen LogP contribution in [0.4, 0.5) is 5.69 Å². The Hall–Kier alpha value is -1.64. The largest absolute Gasteiger partial charge is 0.309 e. The molecule has 0 aromatic heterocycles. The average Bonchev–Trinajstić information content (AvgIpc) is 2.15. The van der Waals surface area contributed by atoms with Gasteiger partial charge in [-0.15, -0.1) is 0 Å². The third-order valence-electron chi connectivity index (χ3n) is 1.99. The molecular formula is C11H13NO2. The van der Waals surface area contributed by atoms with Gasteiger partial charge < -0.3 is 4.90 Å². The molecule has 0 fully saturated rings. The van der Waals surface area contributed by atoms with E-state index >= 15 is 0 Å². The van der Waals surface area contributed by atoms with E-state index in [0.717, 1.165) is 11.3 Å². The second-order valence-electron chi connectivity index (χ2n) is 3.26. The van der Waals surface area contributed by atoms with Crippen LogP contribution in [0.2, 0.25) is 0 Å². The summed E-state index contributed by atoms with van der Waals surface area (Å²) in [5.41, 5.74) is 1.80. The molecular weight excluding hydrogens is 178 g/mol. The molecule has 0 N–H and O–H groups in total. The molecule has 0 aliphatic carbocycles. The SMILES string of the molecule is CC(=O)C(=O)N(C)c1cccc(C)c1. The lowest BCUT2D eigenvalue weighted by Gasteiger charge is -2.15. The topological polar surface area (TPSA) is 37.4 Å². The molecule has 1 aromatic rings. The molecule has 3 heteroatoms. The summed E-state index contributed by atoms with van der Waals surface area (Å²) in [5, 5.41) is 0. The van der Waals surface area contributed by atoms with Crippen LogP contribution < -0.4 is 4.90 Å². The van der Waals surface area contributed by atoms with Crippen molar-refractivity contribution in [1.82, 2.24) is 0 Å². The predicted molar refractivity (Wildman–Crippen MR) is 55.3 cm³/mol. The van der Waals surface area contributed by atoms with Crippen LogP contribution in [-0.4, -0.2) is 18.7 Å². The Morgan fingerprint density at radius 3 is 2.43 bits per heavy atom. The molecule has 1 rings (SSSR count). The van der Waals surface area contributed by atoms with Gasteiger partial charge in [-0.05, 0) is 24.6 Å². The van der Waals surface area contributed by atoms with Gasteiger partial charge in [0.2, 0.25) is 5.78 Å². The van der Waals surface area contributed by atoms with Crippen molar-refractivity contribution in [3.63, 3.8) is 0 Å². The van der Waals surface area contributed by atoms with Crippen molar-refractivity contribution in [2.75, 3.05) is 11.9 Å². The highest BCUT2D eigenvalue weighted by Gasteiger charge is 2.14. The van der Waals surface area contributed by atoms with Crippen LogP contribution in [0.15, 0.2) is 24.3 Å². The number of carbonyl (C=O) groups is 2. The van der Waals surface area contributed by atoms with E-state index in [0.29, 0.717) is 0 Å². The molecule has 0 saturated heterocycles. The number of aryl methyl sites for hydroxylation is 1. The first-order chi connectivity index (χ1) is 6.52. The van der Waals surface area contributed by atoms with Crippen LogP contribution in [0.3, 0.4) is 0 Å². The van der Waals surface area contributed by atoms with Crippen LogP contribution >= 0.6 is 0 Å². The van der Waals surface area contributed by atoms with Gasteiger partial charge in [-0.2, -0.15) is 0 Å². The van der Waals surface area contributed by atoms with Crippen molar-refractivity contribution in [1.29, 1.82) is 0 Å². The maximum absolute atomic E-state index is 11.3. The van der Waals surface area contributed by atoms with Crippen molar-refractivity contribution < 1.29 is 9.59 Å². The zero-order chi connectivity index (χ0) is 10.7. The maximum Gasteiger partial charge on any atom is 0.293 e. The van der Waals surface area contributed by atoms with E-state index in [2.05, 4.69) is 0 Å². The van der Waals surface area contributed by atoms with E-state index in [1.54, 1.807) is 13.1 Å². The second-order valence-corrected chi connectivity index (χ2v) is 3.26. The number of nitrogens with zero attached hydrogens (tertiary/aromatic N) is 1. The lowest BCUT2D eigenvalue weighted by Crippen LogP contribution is -2.31. The van der Waals surface area contributed by atoms with E-state index in [9.17, 15) is 9.59 Å². The molecule has 0 bridgehead atoms. The molecule has 0 aliphatic rings. The first-order valence-corrected chi connectivity index (χ1v) is 4.37. The number of amides is 1. The molecule has 0 saturated carbocycles. The fourth-order valence-corrected chi connectivity index (χ4v) is 1.19. The van der Waals surface area contributed by atoms with Gasteiger partial charge in [0.25, 0.3) is 5.91 Å². The van der Waals surface area contributed by atoms with Crippen LogP contribution in [0.25, 0.3) is 0 Å². The molecule has 0 spiro atoms. The Kier molecular flexibility index (Phi) is 3.02. The molecule has 0 atom stereocenters. The summed E-state index contributed by atoms with van der Waals surface area (Å²) >= 11 is 0. The number of Topliss-reactive ketones (excluding diaryl/α,β-unsaturated/α-hetero) is 1. The van der Waals surface area contributed by atoms with Crippen LogP contribution in [0.1, 0.15) is 12.5 Å². The van der Waals surface area contributed by atoms with Gasteiger partial charge in [0.1, 0.15) is 0 Å². The molecule has 0 radical (unpaired) electrons. The third-order valence-corrected chi connectivity index (χ3v) is 1.99. The molecule has 74 valence electrons. The smallest absolute Gasteiger partial charge is 0.293 e. The Morgan fingerprint density at radius 2 is 1.93 bits per heavy atom. The van der Waals surface area contributed by atoms with E-state index in [1.807, 2.05) is 25.1 Å². The molecule has 0 unspecified atom stereocenters. The van der Waals surface area contributed by atoms with Crippen molar-refractivity contribution in [2.24, 2.45) is 0 Å². The van der Waals surface area contributed by atoms with E-state index in [1.165, 1.54) is 11.8 Å². The lowest BCUT2D eigenvalue weighted by molar-refractivity contribution is -0.134. The quantitative estimate of drug-likeness (QED) is 0.665. The van der Waals surface area contributed by atoms with Gasteiger partial charge in [-0.3, -0.25) is 9.59 Å². The standard InChI is InChI=1S/C11H13NO2/c1-8-5-4-6-10(7-8)12(3)11(14)9(2)13/h4-7H,1-3H3. The number of likely N-dealkylation sites (N-methyl/N-ethyl adjacent to an activating group) is 1. The summed E-state index contributed by atoms with van der Waals surface area (Å²) < 4.78 is 0. The van der Waals surface area contributed by atoms with Gasteiger partial charge in [0.05, 0.1) is 0 Å². The molecule has 3 nitrogen and oxygen atoms in total. The highest BCUT2D eigenvalue weighted by Crippen LogP contribution is 2.14. The number of hydrogen-bond acceptors (Lipinski definition) is 2. The van der Waals surface area contributed by atoms with Crippen molar-refractivity contribution >= 4 is 17.4 Å². The number of rotatable bonds is 2. The monoisotopic (exact) mass is 191 g/mol. The Labute approximate surface area is 83.3 Å². The number of carbonyl (C=O) groups excluding carboxylic acids is 2. The predicted octanol–water partition coefficient (Wildman–Crippen LogP) is 1.55. The molecule has 14 heavy (non-hydrogen) atoms. The van der Waals surface area contributed by atoms with Gasteiger partial charge in [-0.1, -0.05) is 12.1 Å². The number of anilines is 1. The Balaban J connectivity index is 2.95. The first-order valence-electron chi connectivity index (χ1n) is 4.37. The van der Waals surface area contributed by atoms with Crippen molar-refractivity contribution in [2.45, 2.75) is 13.8 Å². The van der Waals surface area contributed by atoms with Gasteiger partial charge in [0, 0.05) is 19.7 Å².